The van der Waals surface area contributed by atoms with E-state index in [9.17, 15) is 4.39 Å². The van der Waals surface area contributed by atoms with Crippen molar-refractivity contribution in [2.75, 3.05) is 5.01 Å². The van der Waals surface area contributed by atoms with Gasteiger partial charge >= 0.3 is 0 Å². The van der Waals surface area contributed by atoms with E-state index in [-0.39, 0.29) is 5.82 Å². The van der Waals surface area contributed by atoms with Gasteiger partial charge in [0.05, 0.1) is 29.5 Å². The van der Waals surface area contributed by atoms with E-state index in [4.69, 9.17) is 5.10 Å². The Morgan fingerprint density at radius 1 is 1.08 bits per heavy atom. The zero-order chi connectivity index (χ0) is 18.1. The molecule has 128 valence electrons. The van der Waals surface area contributed by atoms with E-state index in [2.05, 4.69) is 16.7 Å². The molecule has 1 aliphatic heterocycles. The van der Waals surface area contributed by atoms with Crippen LogP contribution in [-0.4, -0.2) is 20.5 Å². The number of nitrogens with zero attached hydrogens (tertiary/aromatic N) is 5. The summed E-state index contributed by atoms with van der Waals surface area (Å²) in [6, 6.07) is 10.1. The maximum atomic E-state index is 13.6. The van der Waals surface area contributed by atoms with Crippen molar-refractivity contribution in [1.82, 2.24) is 14.8 Å². The topological polar surface area (TPSA) is 46.3 Å². The first-order valence-electron chi connectivity index (χ1n) is 8.09. The Hall–Kier alpha value is -3.54. The minimum absolute atomic E-state index is 0.319. The lowest BCUT2D eigenvalue weighted by Gasteiger charge is -2.21. The number of pyridine rings is 1. The van der Waals surface area contributed by atoms with Crippen molar-refractivity contribution in [2.45, 2.75) is 6.92 Å². The van der Waals surface area contributed by atoms with E-state index in [1.807, 2.05) is 31.3 Å². The van der Waals surface area contributed by atoms with Crippen LogP contribution in [0.25, 0.3) is 5.69 Å². The van der Waals surface area contributed by atoms with Gasteiger partial charge in [0.25, 0.3) is 0 Å². The summed E-state index contributed by atoms with van der Waals surface area (Å²) in [6.45, 7) is 6.05. The predicted molar refractivity (Wildman–Crippen MR) is 99.8 cm³/mol. The molecule has 26 heavy (non-hydrogen) atoms. The molecule has 0 aliphatic carbocycles. The smallest absolute Gasteiger partial charge is 0.125 e. The summed E-state index contributed by atoms with van der Waals surface area (Å²) >= 11 is 0. The summed E-state index contributed by atoms with van der Waals surface area (Å²) in [7, 11) is 0. The molecule has 0 radical (unpaired) electrons. The summed E-state index contributed by atoms with van der Waals surface area (Å²) < 4.78 is 15.3. The Morgan fingerprint density at radius 3 is 2.77 bits per heavy atom. The van der Waals surface area contributed by atoms with Crippen LogP contribution in [0.4, 0.5) is 10.1 Å². The first-order valence-corrected chi connectivity index (χ1v) is 8.09. The SMILES string of the molecule is C=C1C=CN(c2cncc(C)c2)N=C1c1ccnn1-c1cccc(F)c1. The molecule has 0 amide bonds. The van der Waals surface area contributed by atoms with Crippen LogP contribution < -0.4 is 5.01 Å². The van der Waals surface area contributed by atoms with Crippen molar-refractivity contribution < 1.29 is 4.39 Å². The van der Waals surface area contributed by atoms with Crippen LogP contribution in [-0.2, 0) is 0 Å². The zero-order valence-electron chi connectivity index (χ0n) is 14.2. The molecule has 3 heterocycles. The summed E-state index contributed by atoms with van der Waals surface area (Å²) in [5.74, 6) is -0.319. The van der Waals surface area contributed by atoms with Gasteiger partial charge in [0, 0.05) is 12.4 Å². The van der Waals surface area contributed by atoms with E-state index in [1.54, 1.807) is 40.4 Å². The van der Waals surface area contributed by atoms with Gasteiger partial charge in [0.15, 0.2) is 0 Å². The fourth-order valence-electron chi connectivity index (χ4n) is 2.76. The number of hydrogen-bond donors (Lipinski definition) is 0. The monoisotopic (exact) mass is 345 g/mol. The van der Waals surface area contributed by atoms with Gasteiger partial charge in [-0.3, -0.25) is 4.98 Å². The summed E-state index contributed by atoms with van der Waals surface area (Å²) in [6.07, 6.45) is 8.92. The minimum Gasteiger partial charge on any atom is -0.262 e. The van der Waals surface area contributed by atoms with Crippen LogP contribution in [0.1, 0.15) is 11.3 Å². The molecule has 5 nitrogen and oxygen atoms in total. The highest BCUT2D eigenvalue weighted by atomic mass is 19.1. The highest BCUT2D eigenvalue weighted by Gasteiger charge is 2.19. The number of allylic oxidation sites excluding steroid dienone is 2. The minimum atomic E-state index is -0.319. The van der Waals surface area contributed by atoms with Crippen LogP contribution in [0, 0.1) is 12.7 Å². The Morgan fingerprint density at radius 2 is 1.96 bits per heavy atom. The Bertz CT molecular complexity index is 1050. The highest BCUT2D eigenvalue weighted by Crippen LogP contribution is 2.23. The molecule has 0 spiro atoms. The molecular formula is C20H16FN5. The highest BCUT2D eigenvalue weighted by molar-refractivity contribution is 6.14. The maximum Gasteiger partial charge on any atom is 0.125 e. The van der Waals surface area contributed by atoms with Crippen molar-refractivity contribution in [3.63, 3.8) is 0 Å². The van der Waals surface area contributed by atoms with Crippen molar-refractivity contribution in [1.29, 1.82) is 0 Å². The van der Waals surface area contributed by atoms with Gasteiger partial charge < -0.3 is 0 Å². The Labute approximate surface area is 150 Å². The van der Waals surface area contributed by atoms with E-state index >= 15 is 0 Å². The van der Waals surface area contributed by atoms with Gasteiger partial charge in [-0.05, 0) is 54.5 Å². The van der Waals surface area contributed by atoms with Crippen molar-refractivity contribution >= 4 is 11.4 Å². The third-order valence-corrected chi connectivity index (χ3v) is 3.99. The lowest BCUT2D eigenvalue weighted by Crippen LogP contribution is -2.21. The number of hydrogen-bond acceptors (Lipinski definition) is 4. The number of anilines is 1. The largest absolute Gasteiger partial charge is 0.262 e. The number of hydrazone groups is 1. The van der Waals surface area contributed by atoms with E-state index in [0.29, 0.717) is 11.4 Å². The fraction of sp³-hybridized carbons (Fsp3) is 0.0500. The fourth-order valence-corrected chi connectivity index (χ4v) is 2.76. The average Bonchev–Trinajstić information content (AvgIpc) is 3.12. The lowest BCUT2D eigenvalue weighted by atomic mass is 10.1. The summed E-state index contributed by atoms with van der Waals surface area (Å²) in [5, 5.41) is 10.8. The average molecular weight is 345 g/mol. The molecule has 0 saturated carbocycles. The third-order valence-electron chi connectivity index (χ3n) is 3.99. The standard InChI is InChI=1S/C20H16FN5/c1-14-10-18(13-22-12-14)25-9-7-15(2)20(24-25)19-6-8-23-26(19)17-5-3-4-16(21)11-17/h3-13H,2H2,1H3. The molecule has 0 fully saturated rings. The van der Waals surface area contributed by atoms with E-state index in [1.165, 1.54) is 12.1 Å². The third kappa shape index (κ3) is 2.93. The molecule has 6 heteroatoms. The molecule has 1 aliphatic rings. The quantitative estimate of drug-likeness (QED) is 0.720. The van der Waals surface area contributed by atoms with Gasteiger partial charge in [0.1, 0.15) is 11.5 Å². The molecule has 0 bridgehead atoms. The summed E-state index contributed by atoms with van der Waals surface area (Å²) in [4.78, 5) is 4.21. The molecule has 2 aromatic heterocycles. The lowest BCUT2D eigenvalue weighted by molar-refractivity contribution is 0.625. The van der Waals surface area contributed by atoms with E-state index < -0.39 is 0 Å². The first kappa shape index (κ1) is 16.0. The van der Waals surface area contributed by atoms with Gasteiger partial charge in [0.2, 0.25) is 0 Å². The molecule has 0 N–H and O–H groups in total. The second-order valence-electron chi connectivity index (χ2n) is 5.96. The molecule has 1 aromatic carbocycles. The molecule has 0 saturated heterocycles. The number of halogens is 1. The first-order chi connectivity index (χ1) is 12.6. The maximum absolute atomic E-state index is 13.6. The second-order valence-corrected chi connectivity index (χ2v) is 5.96. The summed E-state index contributed by atoms with van der Waals surface area (Å²) in [5.41, 5.74) is 4.66. The van der Waals surface area contributed by atoms with Gasteiger partial charge in [-0.1, -0.05) is 12.6 Å². The molecule has 0 atom stereocenters. The normalized spacial score (nSPS) is 13.8. The van der Waals surface area contributed by atoms with Crippen LogP contribution in [0.5, 0.6) is 0 Å². The number of aryl methyl sites for hydroxylation is 1. The molecular weight excluding hydrogens is 329 g/mol. The number of rotatable bonds is 3. The Kier molecular flexibility index (Phi) is 3.93. The van der Waals surface area contributed by atoms with Crippen LogP contribution in [0.15, 0.2) is 84.5 Å². The van der Waals surface area contributed by atoms with E-state index in [0.717, 1.165) is 22.5 Å². The number of aromatic nitrogens is 3. The van der Waals surface area contributed by atoms with Gasteiger partial charge in [-0.15, -0.1) is 0 Å². The van der Waals surface area contributed by atoms with Crippen molar-refractivity contribution in [2.24, 2.45) is 5.10 Å². The van der Waals surface area contributed by atoms with Gasteiger partial charge in [-0.2, -0.15) is 10.2 Å². The number of benzene rings is 1. The Balaban J connectivity index is 1.78. The van der Waals surface area contributed by atoms with Crippen LogP contribution in [0.2, 0.25) is 0 Å². The van der Waals surface area contributed by atoms with Crippen molar-refractivity contribution in [3.8, 4) is 5.69 Å². The van der Waals surface area contributed by atoms with Crippen LogP contribution in [0.3, 0.4) is 0 Å². The second kappa shape index (κ2) is 6.40. The predicted octanol–water partition coefficient (Wildman–Crippen LogP) is 4.01. The zero-order valence-corrected chi connectivity index (χ0v) is 14.2. The molecule has 3 aromatic rings. The molecule has 4 rings (SSSR count). The van der Waals surface area contributed by atoms with Crippen LogP contribution >= 0.6 is 0 Å². The van der Waals surface area contributed by atoms with Crippen molar-refractivity contribution in [3.05, 3.63) is 96.5 Å². The molecule has 0 unspecified atom stereocenters. The van der Waals surface area contributed by atoms with Gasteiger partial charge in [-0.25, -0.2) is 14.1 Å².